The fourth-order valence-corrected chi connectivity index (χ4v) is 0.616. The van der Waals surface area contributed by atoms with Crippen LogP contribution in [0.4, 0.5) is 0 Å². The molecular weight excluding hydrogens is 144 g/mol. The van der Waals surface area contributed by atoms with Crippen molar-refractivity contribution in [3.63, 3.8) is 0 Å². The number of ether oxygens (including phenoxy) is 1. The van der Waals surface area contributed by atoms with Crippen molar-refractivity contribution >= 4 is 5.78 Å². The molecule has 0 aliphatic rings. The number of aromatic nitrogens is 2. The fourth-order valence-electron chi connectivity index (χ4n) is 0.616. The van der Waals surface area contributed by atoms with E-state index in [0.717, 1.165) is 0 Å². The predicted octanol–water partition coefficient (Wildman–Crippen LogP) is 0.688. The van der Waals surface area contributed by atoms with E-state index in [1.807, 2.05) is 0 Å². The van der Waals surface area contributed by atoms with E-state index < -0.39 is 0 Å². The first kappa shape index (κ1) is 7.65. The highest BCUT2D eigenvalue weighted by Gasteiger charge is 2.01. The second kappa shape index (κ2) is 3.09. The Labute approximate surface area is 64.2 Å². The summed E-state index contributed by atoms with van der Waals surface area (Å²) in [6.07, 6.45) is 2.86. The van der Waals surface area contributed by atoms with E-state index in [1.165, 1.54) is 26.4 Å². The second-order valence-corrected chi connectivity index (χ2v) is 2.00. The number of carbonyl (C=O) groups is 1. The van der Waals surface area contributed by atoms with Crippen LogP contribution in [-0.2, 0) is 0 Å². The maximum atomic E-state index is 10.8. The minimum absolute atomic E-state index is 0.114. The number of methoxy groups -OCH3 is 1. The Hall–Kier alpha value is -1.45. The lowest BCUT2D eigenvalue weighted by molar-refractivity contribution is 0.101. The highest BCUT2D eigenvalue weighted by atomic mass is 16.5. The molecule has 0 aliphatic heterocycles. The molecule has 1 aromatic heterocycles. The van der Waals surface area contributed by atoms with E-state index >= 15 is 0 Å². The maximum absolute atomic E-state index is 10.8. The van der Waals surface area contributed by atoms with Crippen molar-refractivity contribution < 1.29 is 9.53 Å². The summed E-state index contributed by atoms with van der Waals surface area (Å²) in [5, 5.41) is 0. The third-order valence-electron chi connectivity index (χ3n) is 1.18. The molecule has 0 spiro atoms. The van der Waals surface area contributed by atoms with Crippen LogP contribution >= 0.6 is 0 Å². The monoisotopic (exact) mass is 152 g/mol. The first-order valence-electron chi connectivity index (χ1n) is 3.11. The van der Waals surface area contributed by atoms with Gasteiger partial charge in [-0.1, -0.05) is 0 Å². The van der Waals surface area contributed by atoms with Gasteiger partial charge < -0.3 is 4.74 Å². The molecule has 58 valence electrons. The topological polar surface area (TPSA) is 52.1 Å². The Bertz CT molecular complexity index is 273. The zero-order valence-electron chi connectivity index (χ0n) is 6.37. The van der Waals surface area contributed by atoms with Gasteiger partial charge in [0.1, 0.15) is 5.69 Å². The average Bonchev–Trinajstić information content (AvgIpc) is 2.05. The predicted molar refractivity (Wildman–Crippen MR) is 38.6 cm³/mol. The Morgan fingerprint density at radius 2 is 2.27 bits per heavy atom. The van der Waals surface area contributed by atoms with Gasteiger partial charge in [-0.25, -0.2) is 4.98 Å². The normalized spacial score (nSPS) is 9.27. The third kappa shape index (κ3) is 1.73. The van der Waals surface area contributed by atoms with E-state index in [-0.39, 0.29) is 5.78 Å². The van der Waals surface area contributed by atoms with E-state index in [9.17, 15) is 4.79 Å². The highest BCUT2D eigenvalue weighted by molar-refractivity contribution is 5.91. The molecule has 0 radical (unpaired) electrons. The third-order valence-corrected chi connectivity index (χ3v) is 1.18. The van der Waals surface area contributed by atoms with Crippen molar-refractivity contribution in [1.82, 2.24) is 9.97 Å². The minimum atomic E-state index is -0.114. The highest BCUT2D eigenvalue weighted by Crippen LogP contribution is 2.03. The van der Waals surface area contributed by atoms with Gasteiger partial charge in [-0.3, -0.25) is 9.78 Å². The zero-order valence-corrected chi connectivity index (χ0v) is 6.37. The smallest absolute Gasteiger partial charge is 0.232 e. The van der Waals surface area contributed by atoms with Gasteiger partial charge in [-0.05, 0) is 0 Å². The van der Waals surface area contributed by atoms with Crippen LogP contribution in [-0.4, -0.2) is 22.9 Å². The molecule has 0 fully saturated rings. The van der Waals surface area contributed by atoms with Crippen LogP contribution in [0.1, 0.15) is 17.4 Å². The van der Waals surface area contributed by atoms with Gasteiger partial charge >= 0.3 is 0 Å². The van der Waals surface area contributed by atoms with Crippen LogP contribution in [0, 0.1) is 0 Å². The first-order valence-corrected chi connectivity index (χ1v) is 3.11. The molecule has 0 N–H and O–H groups in total. The van der Waals surface area contributed by atoms with Crippen LogP contribution in [0.3, 0.4) is 0 Å². The summed E-state index contributed by atoms with van der Waals surface area (Å²) in [6.45, 7) is 1.43. The minimum Gasteiger partial charge on any atom is -0.480 e. The van der Waals surface area contributed by atoms with Gasteiger partial charge in [-0.15, -0.1) is 0 Å². The lowest BCUT2D eigenvalue weighted by atomic mass is 10.3. The second-order valence-electron chi connectivity index (χ2n) is 2.00. The molecule has 0 saturated heterocycles. The Kier molecular flexibility index (Phi) is 2.15. The lowest BCUT2D eigenvalue weighted by Crippen LogP contribution is -1.99. The van der Waals surface area contributed by atoms with Crippen LogP contribution in [0.25, 0.3) is 0 Å². The number of hydrogen-bond acceptors (Lipinski definition) is 4. The van der Waals surface area contributed by atoms with Crippen molar-refractivity contribution in [2.75, 3.05) is 7.11 Å². The van der Waals surface area contributed by atoms with Gasteiger partial charge in [0.25, 0.3) is 0 Å². The van der Waals surface area contributed by atoms with Crippen LogP contribution < -0.4 is 4.74 Å². The number of Topliss-reactive ketones (excluding diaryl/α,β-unsaturated/α-hetero) is 1. The molecule has 4 nitrogen and oxygen atoms in total. The summed E-state index contributed by atoms with van der Waals surface area (Å²) in [6, 6.07) is 0. The molecule has 4 heteroatoms. The molecular formula is C7H8N2O2. The van der Waals surface area contributed by atoms with E-state index in [4.69, 9.17) is 4.74 Å². The van der Waals surface area contributed by atoms with E-state index in [0.29, 0.717) is 11.6 Å². The Balaban J connectivity index is 3.01. The van der Waals surface area contributed by atoms with Gasteiger partial charge in [0.2, 0.25) is 5.88 Å². The molecule has 11 heavy (non-hydrogen) atoms. The molecule has 0 aromatic carbocycles. The lowest BCUT2D eigenvalue weighted by Gasteiger charge is -1.97. The molecule has 0 unspecified atom stereocenters. The number of hydrogen-bond donors (Lipinski definition) is 0. The standard InChI is InChI=1S/C7H8N2O2/c1-5(10)6-3-8-4-7(9-6)11-2/h3-4H,1-2H3. The summed E-state index contributed by atoms with van der Waals surface area (Å²) in [4.78, 5) is 18.4. The molecule has 1 rings (SSSR count). The molecule has 0 atom stereocenters. The zero-order chi connectivity index (χ0) is 8.27. The summed E-state index contributed by atoms with van der Waals surface area (Å²) in [5.74, 6) is 0.245. The summed E-state index contributed by atoms with van der Waals surface area (Å²) >= 11 is 0. The van der Waals surface area contributed by atoms with Gasteiger partial charge in [0.05, 0.1) is 19.5 Å². The van der Waals surface area contributed by atoms with Crippen LogP contribution in [0.5, 0.6) is 5.88 Å². The van der Waals surface area contributed by atoms with Gasteiger partial charge in [0, 0.05) is 6.92 Å². The largest absolute Gasteiger partial charge is 0.480 e. The van der Waals surface area contributed by atoms with Gasteiger partial charge in [-0.2, -0.15) is 0 Å². The van der Waals surface area contributed by atoms with Crippen molar-refractivity contribution in [2.45, 2.75) is 6.92 Å². The average molecular weight is 152 g/mol. The number of rotatable bonds is 2. The summed E-state index contributed by atoms with van der Waals surface area (Å²) in [7, 11) is 1.48. The van der Waals surface area contributed by atoms with Crippen molar-refractivity contribution in [3.8, 4) is 5.88 Å². The molecule has 1 aromatic rings. The maximum Gasteiger partial charge on any atom is 0.232 e. The fraction of sp³-hybridized carbons (Fsp3) is 0.286. The molecule has 1 heterocycles. The molecule has 0 bridgehead atoms. The summed E-state index contributed by atoms with van der Waals surface area (Å²) < 4.78 is 4.78. The number of nitrogens with zero attached hydrogens (tertiary/aromatic N) is 2. The Morgan fingerprint density at radius 3 is 2.82 bits per heavy atom. The van der Waals surface area contributed by atoms with Crippen LogP contribution in [0.2, 0.25) is 0 Å². The Morgan fingerprint density at radius 1 is 1.55 bits per heavy atom. The number of carbonyl (C=O) groups excluding carboxylic acids is 1. The van der Waals surface area contributed by atoms with Gasteiger partial charge in [0.15, 0.2) is 5.78 Å². The van der Waals surface area contributed by atoms with Crippen LogP contribution in [0.15, 0.2) is 12.4 Å². The van der Waals surface area contributed by atoms with Crippen molar-refractivity contribution in [3.05, 3.63) is 18.1 Å². The first-order chi connectivity index (χ1) is 5.24. The van der Waals surface area contributed by atoms with Crippen molar-refractivity contribution in [2.24, 2.45) is 0 Å². The summed E-state index contributed by atoms with van der Waals surface area (Å²) in [5.41, 5.74) is 0.323. The van der Waals surface area contributed by atoms with E-state index in [2.05, 4.69) is 9.97 Å². The molecule has 0 aliphatic carbocycles. The number of ketones is 1. The molecule has 0 saturated carbocycles. The van der Waals surface area contributed by atoms with Crippen molar-refractivity contribution in [1.29, 1.82) is 0 Å². The van der Waals surface area contributed by atoms with E-state index in [1.54, 1.807) is 0 Å². The molecule has 0 amide bonds. The SMILES string of the molecule is COc1cncc(C(C)=O)n1. The quantitative estimate of drug-likeness (QED) is 0.585.